The van der Waals surface area contributed by atoms with Crippen molar-refractivity contribution in [2.75, 3.05) is 6.54 Å². The third-order valence-electron chi connectivity index (χ3n) is 4.03. The van der Waals surface area contributed by atoms with Crippen molar-refractivity contribution in [1.29, 1.82) is 0 Å². The zero-order valence-electron chi connectivity index (χ0n) is 12.3. The number of hydrogen-bond acceptors (Lipinski definition) is 3. The van der Waals surface area contributed by atoms with E-state index in [1.807, 2.05) is 54.6 Å². The van der Waals surface area contributed by atoms with Gasteiger partial charge in [-0.1, -0.05) is 42.5 Å². The van der Waals surface area contributed by atoms with Crippen LogP contribution in [0, 0.1) is 0 Å². The van der Waals surface area contributed by atoms with Gasteiger partial charge in [0.2, 0.25) is 0 Å². The number of benzene rings is 2. The average Bonchev–Trinajstić information content (AvgIpc) is 2.87. The highest BCUT2D eigenvalue weighted by molar-refractivity contribution is 5.32. The molecule has 0 amide bonds. The van der Waals surface area contributed by atoms with Crippen molar-refractivity contribution in [3.63, 3.8) is 0 Å². The van der Waals surface area contributed by atoms with Gasteiger partial charge in [-0.2, -0.15) is 0 Å². The van der Waals surface area contributed by atoms with Crippen LogP contribution in [0.2, 0.25) is 0 Å². The fraction of sp³-hybridized carbons (Fsp3) is 0.333. The quantitative estimate of drug-likeness (QED) is 0.906. The van der Waals surface area contributed by atoms with Crippen molar-refractivity contribution in [3.05, 3.63) is 65.7 Å². The minimum atomic E-state index is -0.753. The second kappa shape index (κ2) is 5.88. The van der Waals surface area contributed by atoms with E-state index in [0.29, 0.717) is 19.2 Å². The zero-order chi connectivity index (χ0) is 14.7. The number of nitrogens with one attached hydrogen (secondary N) is 1. The van der Waals surface area contributed by atoms with Gasteiger partial charge in [-0.25, -0.2) is 0 Å². The highest BCUT2D eigenvalue weighted by Gasteiger charge is 2.36. The van der Waals surface area contributed by atoms with Crippen molar-refractivity contribution < 1.29 is 9.84 Å². The summed E-state index contributed by atoms with van der Waals surface area (Å²) >= 11 is 0. The van der Waals surface area contributed by atoms with E-state index in [2.05, 4.69) is 12.2 Å². The molecule has 3 heteroatoms. The van der Waals surface area contributed by atoms with Crippen molar-refractivity contribution >= 4 is 0 Å². The molecule has 1 fully saturated rings. The van der Waals surface area contributed by atoms with Gasteiger partial charge in [0.15, 0.2) is 0 Å². The van der Waals surface area contributed by atoms with E-state index in [4.69, 9.17) is 4.74 Å². The van der Waals surface area contributed by atoms with Gasteiger partial charge in [0.25, 0.3) is 0 Å². The zero-order valence-corrected chi connectivity index (χ0v) is 12.3. The second-order valence-electron chi connectivity index (χ2n) is 5.82. The molecule has 0 aromatic heterocycles. The Kier molecular flexibility index (Phi) is 3.95. The Morgan fingerprint density at radius 3 is 2.48 bits per heavy atom. The molecule has 2 aromatic rings. The van der Waals surface area contributed by atoms with Gasteiger partial charge in [-0.3, -0.25) is 0 Å². The molecule has 1 aliphatic heterocycles. The lowest BCUT2D eigenvalue weighted by Crippen LogP contribution is -2.28. The lowest BCUT2D eigenvalue weighted by molar-refractivity contribution is 0.0564. The molecule has 0 bridgehead atoms. The molecule has 1 saturated heterocycles. The van der Waals surface area contributed by atoms with Crippen LogP contribution < -0.4 is 10.1 Å². The molecule has 110 valence electrons. The minimum absolute atomic E-state index is 0.351. The standard InChI is InChI=1S/C18H21NO2/c1-14-11-18(20,13-19-14)16-7-9-17(10-8-16)21-12-15-5-3-2-4-6-15/h2-10,14,19-20H,11-13H2,1H3/t14-,18+/m1/s1. The number of aliphatic hydroxyl groups is 1. The molecule has 21 heavy (non-hydrogen) atoms. The summed E-state index contributed by atoms with van der Waals surface area (Å²) in [6.45, 7) is 3.26. The van der Waals surface area contributed by atoms with E-state index in [0.717, 1.165) is 23.3 Å². The summed E-state index contributed by atoms with van der Waals surface area (Å²) in [4.78, 5) is 0. The number of hydrogen-bond donors (Lipinski definition) is 2. The first-order valence-corrected chi connectivity index (χ1v) is 7.39. The topological polar surface area (TPSA) is 41.5 Å². The molecule has 0 radical (unpaired) electrons. The molecule has 2 atom stereocenters. The van der Waals surface area contributed by atoms with E-state index in [1.165, 1.54) is 0 Å². The van der Waals surface area contributed by atoms with Crippen LogP contribution >= 0.6 is 0 Å². The van der Waals surface area contributed by atoms with Crippen molar-refractivity contribution in [2.24, 2.45) is 0 Å². The Bertz CT molecular complexity index is 582. The van der Waals surface area contributed by atoms with Crippen molar-refractivity contribution in [3.8, 4) is 5.75 Å². The van der Waals surface area contributed by atoms with Crippen LogP contribution in [0.25, 0.3) is 0 Å². The monoisotopic (exact) mass is 283 g/mol. The summed E-state index contributed by atoms with van der Waals surface area (Å²) < 4.78 is 5.77. The van der Waals surface area contributed by atoms with Crippen LogP contribution in [0.4, 0.5) is 0 Å². The predicted molar refractivity (Wildman–Crippen MR) is 83.2 cm³/mol. The van der Waals surface area contributed by atoms with Gasteiger partial charge in [0.1, 0.15) is 18.0 Å². The van der Waals surface area contributed by atoms with Gasteiger partial charge < -0.3 is 15.2 Å². The first kappa shape index (κ1) is 14.1. The fourth-order valence-corrected chi connectivity index (χ4v) is 2.82. The van der Waals surface area contributed by atoms with Gasteiger partial charge in [0, 0.05) is 12.6 Å². The maximum Gasteiger partial charge on any atom is 0.119 e. The van der Waals surface area contributed by atoms with E-state index in [-0.39, 0.29) is 0 Å². The number of rotatable bonds is 4. The molecule has 1 heterocycles. The molecule has 3 rings (SSSR count). The normalized spacial score (nSPS) is 25.0. The maximum absolute atomic E-state index is 10.6. The molecular formula is C18H21NO2. The van der Waals surface area contributed by atoms with Crippen molar-refractivity contribution in [1.82, 2.24) is 5.32 Å². The molecule has 1 aliphatic rings. The van der Waals surface area contributed by atoms with Gasteiger partial charge in [-0.15, -0.1) is 0 Å². The Balaban J connectivity index is 1.64. The number of ether oxygens (including phenoxy) is 1. The molecule has 3 nitrogen and oxygen atoms in total. The SMILES string of the molecule is C[C@@H]1C[C@@](O)(c2ccc(OCc3ccccc3)cc2)CN1. The van der Waals surface area contributed by atoms with Crippen LogP contribution in [0.3, 0.4) is 0 Å². The Hall–Kier alpha value is -1.84. The summed E-state index contributed by atoms with van der Waals surface area (Å²) in [6, 6.07) is 18.2. The third-order valence-corrected chi connectivity index (χ3v) is 4.03. The first-order valence-electron chi connectivity index (χ1n) is 7.39. The van der Waals surface area contributed by atoms with Crippen LogP contribution in [-0.2, 0) is 12.2 Å². The van der Waals surface area contributed by atoms with Gasteiger partial charge in [-0.05, 0) is 36.6 Å². The van der Waals surface area contributed by atoms with E-state index < -0.39 is 5.60 Å². The Morgan fingerprint density at radius 1 is 1.14 bits per heavy atom. The van der Waals surface area contributed by atoms with Gasteiger partial charge >= 0.3 is 0 Å². The van der Waals surface area contributed by atoms with Crippen LogP contribution in [-0.4, -0.2) is 17.7 Å². The Labute approximate surface area is 125 Å². The second-order valence-corrected chi connectivity index (χ2v) is 5.82. The largest absolute Gasteiger partial charge is 0.489 e. The highest BCUT2D eigenvalue weighted by atomic mass is 16.5. The summed E-state index contributed by atoms with van der Waals surface area (Å²) in [5.41, 5.74) is 1.35. The molecule has 0 saturated carbocycles. The van der Waals surface area contributed by atoms with E-state index in [1.54, 1.807) is 0 Å². The van der Waals surface area contributed by atoms with E-state index >= 15 is 0 Å². The molecule has 0 aliphatic carbocycles. The van der Waals surface area contributed by atoms with Crippen molar-refractivity contribution in [2.45, 2.75) is 31.6 Å². The van der Waals surface area contributed by atoms with Crippen LogP contribution in [0.5, 0.6) is 5.75 Å². The van der Waals surface area contributed by atoms with Gasteiger partial charge in [0.05, 0.1) is 0 Å². The van der Waals surface area contributed by atoms with Crippen LogP contribution in [0.1, 0.15) is 24.5 Å². The molecule has 2 aromatic carbocycles. The van der Waals surface area contributed by atoms with E-state index in [9.17, 15) is 5.11 Å². The van der Waals surface area contributed by atoms with Crippen LogP contribution in [0.15, 0.2) is 54.6 Å². The molecule has 2 N–H and O–H groups in total. The summed E-state index contributed by atoms with van der Waals surface area (Å²) in [5, 5.41) is 13.9. The molecule has 0 unspecified atom stereocenters. The Morgan fingerprint density at radius 2 is 1.86 bits per heavy atom. The summed E-state index contributed by atoms with van der Waals surface area (Å²) in [7, 11) is 0. The third kappa shape index (κ3) is 3.26. The lowest BCUT2D eigenvalue weighted by Gasteiger charge is -2.22. The first-order chi connectivity index (χ1) is 10.2. The summed E-state index contributed by atoms with van der Waals surface area (Å²) in [6.07, 6.45) is 0.747. The minimum Gasteiger partial charge on any atom is -0.489 e. The molecule has 0 spiro atoms. The number of β-amino-alcohol motifs (C(OH)–C–C–N with tert-alkyl or cyclic N) is 1. The smallest absolute Gasteiger partial charge is 0.119 e. The maximum atomic E-state index is 10.6. The lowest BCUT2D eigenvalue weighted by atomic mass is 9.91. The average molecular weight is 283 g/mol. The predicted octanol–water partition coefficient (Wildman–Crippen LogP) is 2.84. The molecular weight excluding hydrogens is 262 g/mol. The summed E-state index contributed by atoms with van der Waals surface area (Å²) in [5.74, 6) is 0.824. The fourth-order valence-electron chi connectivity index (χ4n) is 2.82. The highest BCUT2D eigenvalue weighted by Crippen LogP contribution is 2.31.